The predicted octanol–water partition coefficient (Wildman–Crippen LogP) is 3.00. The molecule has 0 saturated carbocycles. The summed E-state index contributed by atoms with van der Waals surface area (Å²) in [5.41, 5.74) is 7.44. The molecule has 0 atom stereocenters. The Morgan fingerprint density at radius 3 is 2.71 bits per heavy atom. The molecule has 0 aliphatic carbocycles. The fourth-order valence-electron chi connectivity index (χ4n) is 1.53. The van der Waals surface area contributed by atoms with Gasteiger partial charge in [-0.2, -0.15) is 0 Å². The molecular formula is C12H10Br2N2O. The van der Waals surface area contributed by atoms with Gasteiger partial charge in [0.1, 0.15) is 0 Å². The first-order chi connectivity index (χ1) is 8.08. The zero-order valence-corrected chi connectivity index (χ0v) is 12.0. The van der Waals surface area contributed by atoms with Crippen LogP contribution in [0.4, 0.5) is 5.69 Å². The molecule has 3 nitrogen and oxygen atoms in total. The van der Waals surface area contributed by atoms with Crippen LogP contribution < -0.4 is 11.3 Å². The number of hydrogen-bond donors (Lipinski definition) is 1. The summed E-state index contributed by atoms with van der Waals surface area (Å²) in [6, 6.07) is 9.20. The highest BCUT2D eigenvalue weighted by Crippen LogP contribution is 2.19. The Bertz CT molecular complexity index is 608. The van der Waals surface area contributed by atoms with E-state index in [1.165, 1.54) is 0 Å². The largest absolute Gasteiger partial charge is 0.398 e. The summed E-state index contributed by atoms with van der Waals surface area (Å²) in [4.78, 5) is 11.8. The molecule has 0 aliphatic heterocycles. The first-order valence-corrected chi connectivity index (χ1v) is 6.55. The van der Waals surface area contributed by atoms with Crippen molar-refractivity contribution in [1.82, 2.24) is 4.57 Å². The molecule has 0 bridgehead atoms. The summed E-state index contributed by atoms with van der Waals surface area (Å²) in [6.45, 7) is 0.470. The first kappa shape index (κ1) is 12.4. The molecule has 0 unspecified atom stereocenters. The number of pyridine rings is 1. The number of hydrogen-bond acceptors (Lipinski definition) is 2. The van der Waals surface area contributed by atoms with Gasteiger partial charge >= 0.3 is 0 Å². The van der Waals surface area contributed by atoms with Gasteiger partial charge in [-0.25, -0.2) is 0 Å². The molecule has 2 N–H and O–H groups in total. The molecule has 0 radical (unpaired) electrons. The number of aromatic nitrogens is 1. The fraction of sp³-hybridized carbons (Fsp3) is 0.0833. The fourth-order valence-corrected chi connectivity index (χ4v) is 2.28. The van der Waals surface area contributed by atoms with Gasteiger partial charge in [0.25, 0.3) is 5.56 Å². The Kier molecular flexibility index (Phi) is 3.69. The Morgan fingerprint density at radius 2 is 2.00 bits per heavy atom. The van der Waals surface area contributed by atoms with E-state index in [0.29, 0.717) is 16.7 Å². The van der Waals surface area contributed by atoms with Gasteiger partial charge in [0.15, 0.2) is 0 Å². The lowest BCUT2D eigenvalue weighted by atomic mass is 10.2. The SMILES string of the molecule is Nc1cc(Br)ccc1Cn1cccc(Br)c1=O. The molecule has 1 aromatic heterocycles. The predicted molar refractivity (Wildman–Crippen MR) is 76.1 cm³/mol. The number of anilines is 1. The van der Waals surface area contributed by atoms with Gasteiger partial charge in [-0.05, 0) is 45.8 Å². The van der Waals surface area contributed by atoms with Gasteiger partial charge in [-0.15, -0.1) is 0 Å². The van der Waals surface area contributed by atoms with Crippen LogP contribution in [-0.4, -0.2) is 4.57 Å². The number of rotatable bonds is 2. The lowest BCUT2D eigenvalue weighted by molar-refractivity contribution is 0.756. The van der Waals surface area contributed by atoms with E-state index in [9.17, 15) is 4.79 Å². The summed E-state index contributed by atoms with van der Waals surface area (Å²) in [6.07, 6.45) is 1.74. The van der Waals surface area contributed by atoms with Crippen LogP contribution in [0.15, 0.2) is 50.3 Å². The van der Waals surface area contributed by atoms with Crippen molar-refractivity contribution in [3.05, 3.63) is 61.4 Å². The first-order valence-electron chi connectivity index (χ1n) is 4.97. The van der Waals surface area contributed by atoms with Crippen molar-refractivity contribution in [3.8, 4) is 0 Å². The second kappa shape index (κ2) is 5.06. The average molecular weight is 358 g/mol. The maximum absolute atomic E-state index is 11.8. The third kappa shape index (κ3) is 2.79. The number of nitrogen functional groups attached to an aromatic ring is 1. The quantitative estimate of drug-likeness (QED) is 0.840. The zero-order chi connectivity index (χ0) is 12.4. The van der Waals surface area contributed by atoms with E-state index >= 15 is 0 Å². The molecule has 1 heterocycles. The van der Waals surface area contributed by atoms with Crippen LogP contribution >= 0.6 is 31.9 Å². The third-order valence-corrected chi connectivity index (χ3v) is 3.52. The van der Waals surface area contributed by atoms with Crippen LogP contribution in [0.25, 0.3) is 0 Å². The Hall–Kier alpha value is -1.07. The van der Waals surface area contributed by atoms with E-state index in [1.54, 1.807) is 16.8 Å². The minimum absolute atomic E-state index is 0.0604. The minimum Gasteiger partial charge on any atom is -0.398 e. The van der Waals surface area contributed by atoms with Crippen LogP contribution in [0.2, 0.25) is 0 Å². The maximum Gasteiger partial charge on any atom is 0.265 e. The van der Waals surface area contributed by atoms with E-state index in [1.807, 2.05) is 24.3 Å². The Morgan fingerprint density at radius 1 is 1.24 bits per heavy atom. The van der Waals surface area contributed by atoms with Crippen molar-refractivity contribution in [2.75, 3.05) is 5.73 Å². The highest BCUT2D eigenvalue weighted by molar-refractivity contribution is 9.10. The van der Waals surface area contributed by atoms with Crippen molar-refractivity contribution >= 4 is 37.5 Å². The van der Waals surface area contributed by atoms with E-state index in [-0.39, 0.29) is 5.56 Å². The molecule has 5 heteroatoms. The van der Waals surface area contributed by atoms with Gasteiger partial charge in [-0.3, -0.25) is 4.79 Å². The van der Waals surface area contributed by atoms with Crippen LogP contribution in [0.1, 0.15) is 5.56 Å². The van der Waals surface area contributed by atoms with Gasteiger partial charge in [0.05, 0.1) is 11.0 Å². The summed E-state index contributed by atoms with van der Waals surface area (Å²) < 4.78 is 3.10. The van der Waals surface area contributed by atoms with Gasteiger partial charge < -0.3 is 10.3 Å². The van der Waals surface area contributed by atoms with E-state index in [2.05, 4.69) is 31.9 Å². The van der Waals surface area contributed by atoms with Crippen LogP contribution in [0.3, 0.4) is 0 Å². The maximum atomic E-state index is 11.8. The van der Waals surface area contributed by atoms with Gasteiger partial charge in [0, 0.05) is 16.4 Å². The molecule has 2 rings (SSSR count). The topological polar surface area (TPSA) is 48.0 Å². The Balaban J connectivity index is 2.38. The van der Waals surface area contributed by atoms with Crippen molar-refractivity contribution in [1.29, 1.82) is 0 Å². The third-order valence-electron chi connectivity index (χ3n) is 2.42. The summed E-state index contributed by atoms with van der Waals surface area (Å²) in [5, 5.41) is 0. The zero-order valence-electron chi connectivity index (χ0n) is 8.86. The highest BCUT2D eigenvalue weighted by atomic mass is 79.9. The standard InChI is InChI=1S/C12H10Br2N2O/c13-9-4-3-8(11(15)6-9)7-16-5-1-2-10(14)12(16)17/h1-6H,7,15H2. The molecular weight excluding hydrogens is 348 g/mol. The van der Waals surface area contributed by atoms with E-state index in [4.69, 9.17) is 5.73 Å². The monoisotopic (exact) mass is 356 g/mol. The average Bonchev–Trinajstić information content (AvgIpc) is 2.28. The molecule has 1 aromatic carbocycles. The number of nitrogens with zero attached hydrogens (tertiary/aromatic N) is 1. The van der Waals surface area contributed by atoms with Gasteiger partial charge in [-0.1, -0.05) is 22.0 Å². The highest BCUT2D eigenvalue weighted by Gasteiger charge is 2.04. The molecule has 0 saturated heterocycles. The molecule has 2 aromatic rings. The van der Waals surface area contributed by atoms with Gasteiger partial charge in [0.2, 0.25) is 0 Å². The van der Waals surface area contributed by atoms with E-state index in [0.717, 1.165) is 10.0 Å². The lowest BCUT2D eigenvalue weighted by Gasteiger charge is -2.09. The molecule has 0 amide bonds. The normalized spacial score (nSPS) is 10.5. The van der Waals surface area contributed by atoms with E-state index < -0.39 is 0 Å². The van der Waals surface area contributed by atoms with Crippen molar-refractivity contribution in [3.63, 3.8) is 0 Å². The summed E-state index contributed by atoms with van der Waals surface area (Å²) in [7, 11) is 0. The molecule has 17 heavy (non-hydrogen) atoms. The van der Waals surface area contributed by atoms with Crippen LogP contribution in [0.5, 0.6) is 0 Å². The number of halogens is 2. The van der Waals surface area contributed by atoms with Crippen molar-refractivity contribution < 1.29 is 0 Å². The van der Waals surface area contributed by atoms with Crippen LogP contribution in [-0.2, 0) is 6.54 Å². The number of benzene rings is 1. The summed E-state index contributed by atoms with van der Waals surface area (Å²) >= 11 is 6.57. The van der Waals surface area contributed by atoms with Crippen LogP contribution in [0, 0.1) is 0 Å². The Labute approximate surface area is 116 Å². The second-order valence-electron chi connectivity index (χ2n) is 3.63. The number of nitrogens with two attached hydrogens (primary N) is 1. The second-order valence-corrected chi connectivity index (χ2v) is 5.40. The lowest BCUT2D eigenvalue weighted by Crippen LogP contribution is -2.20. The molecule has 0 aliphatic rings. The summed E-state index contributed by atoms with van der Waals surface area (Å²) in [5.74, 6) is 0. The molecule has 0 spiro atoms. The molecule has 0 fully saturated rings. The molecule has 88 valence electrons. The minimum atomic E-state index is -0.0604. The van der Waals surface area contributed by atoms with Crippen molar-refractivity contribution in [2.45, 2.75) is 6.54 Å². The smallest absolute Gasteiger partial charge is 0.265 e. The van der Waals surface area contributed by atoms with Crippen molar-refractivity contribution in [2.24, 2.45) is 0 Å².